The van der Waals surface area contributed by atoms with Gasteiger partial charge in [0.1, 0.15) is 12.3 Å². The number of carbonyl (C=O) groups is 1. The first-order valence-electron chi connectivity index (χ1n) is 7.64. The number of alkyl halides is 2. The number of nitrogens with one attached hydrogen (secondary N) is 1. The molecule has 0 radical (unpaired) electrons. The van der Waals surface area contributed by atoms with Crippen LogP contribution in [0.5, 0.6) is 5.75 Å². The van der Waals surface area contributed by atoms with E-state index in [0.717, 1.165) is 0 Å². The summed E-state index contributed by atoms with van der Waals surface area (Å²) in [6, 6.07) is 8.78. The van der Waals surface area contributed by atoms with Gasteiger partial charge in [-0.05, 0) is 48.6 Å². The number of nitrogens with two attached hydrogens (primary N) is 1. The Kier molecular flexibility index (Phi) is 5.41. The third kappa shape index (κ3) is 4.44. The Morgan fingerprint density at radius 3 is 2.52 bits per heavy atom. The van der Waals surface area contributed by atoms with Crippen LogP contribution < -0.4 is 15.9 Å². The largest absolute Gasteiger partial charge is 0.435 e. The lowest BCUT2D eigenvalue weighted by atomic mass is 10.1. The van der Waals surface area contributed by atoms with E-state index in [9.17, 15) is 13.6 Å². The highest BCUT2D eigenvalue weighted by Gasteiger charge is 2.14. The lowest BCUT2D eigenvalue weighted by Crippen LogP contribution is -2.14. The first kappa shape index (κ1) is 18.5. The van der Waals surface area contributed by atoms with Crippen molar-refractivity contribution in [1.82, 2.24) is 19.4 Å². The fraction of sp³-hybridized carbons (Fsp3) is 0.125. The highest BCUT2D eigenvalue weighted by molar-refractivity contribution is 7.71. The standard InChI is InChI=1S/C16H14F2N6O2S/c17-14(18)26-12-3-1-10(2-4-12)13(25)9-23-16(27)24(15(19)22-23)21-11-5-7-20-8-6-11/h1-8,14H,9H2,(H2,19,22)(H,20,21). The lowest BCUT2D eigenvalue weighted by molar-refractivity contribution is -0.0498. The zero-order valence-corrected chi connectivity index (χ0v) is 14.6. The van der Waals surface area contributed by atoms with Crippen molar-refractivity contribution in [3.8, 4) is 5.75 Å². The smallest absolute Gasteiger partial charge is 0.387 e. The summed E-state index contributed by atoms with van der Waals surface area (Å²) in [5.74, 6) is -0.276. The summed E-state index contributed by atoms with van der Waals surface area (Å²) in [6.07, 6.45) is 3.19. The molecule has 140 valence electrons. The van der Waals surface area contributed by atoms with E-state index in [1.807, 2.05) is 0 Å². The van der Waals surface area contributed by atoms with Gasteiger partial charge in [-0.1, -0.05) is 0 Å². The number of aromatic nitrogens is 4. The van der Waals surface area contributed by atoms with Crippen molar-refractivity contribution < 1.29 is 18.3 Å². The molecular weight excluding hydrogens is 378 g/mol. The van der Waals surface area contributed by atoms with Crippen LogP contribution in [-0.2, 0) is 6.54 Å². The number of pyridine rings is 1. The second-order valence-corrected chi connectivity index (χ2v) is 5.67. The molecule has 0 amide bonds. The molecule has 0 saturated carbocycles. The Bertz CT molecular complexity index is 988. The third-order valence-electron chi connectivity index (χ3n) is 3.48. The lowest BCUT2D eigenvalue weighted by Gasteiger charge is -2.07. The van der Waals surface area contributed by atoms with E-state index < -0.39 is 6.61 Å². The van der Waals surface area contributed by atoms with E-state index in [4.69, 9.17) is 18.0 Å². The number of halogens is 2. The molecule has 0 fully saturated rings. The summed E-state index contributed by atoms with van der Waals surface area (Å²) < 4.78 is 31.4. The molecule has 0 atom stereocenters. The monoisotopic (exact) mass is 392 g/mol. The van der Waals surface area contributed by atoms with Crippen LogP contribution in [0.3, 0.4) is 0 Å². The van der Waals surface area contributed by atoms with Crippen molar-refractivity contribution in [2.24, 2.45) is 0 Å². The number of benzene rings is 1. The zero-order valence-electron chi connectivity index (χ0n) is 13.8. The van der Waals surface area contributed by atoms with Crippen LogP contribution in [0.15, 0.2) is 48.8 Å². The molecule has 11 heteroatoms. The van der Waals surface area contributed by atoms with Gasteiger partial charge in [-0.15, -0.1) is 5.10 Å². The summed E-state index contributed by atoms with van der Waals surface area (Å²) in [5.41, 5.74) is 9.81. The molecule has 3 rings (SSSR count). The molecule has 0 aliphatic heterocycles. The van der Waals surface area contributed by atoms with Crippen molar-refractivity contribution in [3.63, 3.8) is 0 Å². The number of hydrogen-bond donors (Lipinski definition) is 2. The second-order valence-electron chi connectivity index (χ2n) is 5.31. The van der Waals surface area contributed by atoms with Crippen LogP contribution in [0.1, 0.15) is 10.4 Å². The highest BCUT2D eigenvalue weighted by Crippen LogP contribution is 2.16. The fourth-order valence-electron chi connectivity index (χ4n) is 2.24. The predicted molar refractivity (Wildman–Crippen MR) is 96.1 cm³/mol. The van der Waals surface area contributed by atoms with Gasteiger partial charge in [-0.3, -0.25) is 15.2 Å². The Balaban J connectivity index is 1.75. The highest BCUT2D eigenvalue weighted by atomic mass is 32.1. The molecule has 8 nitrogen and oxygen atoms in total. The predicted octanol–water partition coefficient (Wildman–Crippen LogP) is 2.75. The minimum absolute atomic E-state index is 0.0340. The summed E-state index contributed by atoms with van der Waals surface area (Å²) in [7, 11) is 0. The fourth-order valence-corrected chi connectivity index (χ4v) is 2.48. The summed E-state index contributed by atoms with van der Waals surface area (Å²) >= 11 is 5.30. The van der Waals surface area contributed by atoms with Gasteiger partial charge in [0, 0.05) is 18.0 Å². The number of rotatable bonds is 7. The van der Waals surface area contributed by atoms with Crippen LogP contribution in [0, 0.1) is 4.77 Å². The summed E-state index contributed by atoms with van der Waals surface area (Å²) in [4.78, 5) is 16.3. The molecule has 0 saturated heterocycles. The number of carbonyl (C=O) groups excluding carboxylic acids is 1. The number of ether oxygens (including phenoxy) is 1. The molecule has 27 heavy (non-hydrogen) atoms. The van der Waals surface area contributed by atoms with Crippen LogP contribution in [0.4, 0.5) is 20.4 Å². The summed E-state index contributed by atoms with van der Waals surface area (Å²) in [5, 5.41) is 4.06. The molecule has 3 aromatic rings. The van der Waals surface area contributed by atoms with Crippen molar-refractivity contribution >= 4 is 29.6 Å². The topological polar surface area (TPSA) is 100.0 Å². The van der Waals surface area contributed by atoms with Gasteiger partial charge in [-0.2, -0.15) is 13.5 Å². The van der Waals surface area contributed by atoms with Gasteiger partial charge in [0.2, 0.25) is 10.7 Å². The van der Waals surface area contributed by atoms with E-state index in [1.165, 1.54) is 33.6 Å². The average Bonchev–Trinajstić information content (AvgIpc) is 2.90. The average molecular weight is 392 g/mol. The Morgan fingerprint density at radius 2 is 1.89 bits per heavy atom. The molecule has 0 bridgehead atoms. The maximum Gasteiger partial charge on any atom is 0.387 e. The van der Waals surface area contributed by atoms with Crippen molar-refractivity contribution in [2.75, 3.05) is 11.2 Å². The number of Topliss-reactive ketones (excluding diaryl/α,β-unsaturated/α-hetero) is 1. The molecule has 1 aromatic carbocycles. The Morgan fingerprint density at radius 1 is 1.22 bits per heavy atom. The van der Waals surface area contributed by atoms with Gasteiger partial charge in [0.05, 0.1) is 5.69 Å². The molecule has 0 aliphatic rings. The van der Waals surface area contributed by atoms with Crippen LogP contribution in [0.25, 0.3) is 0 Å². The molecular formula is C16H14F2N6O2S. The summed E-state index contributed by atoms with van der Waals surface area (Å²) in [6.45, 7) is -3.09. The molecule has 2 heterocycles. The van der Waals surface area contributed by atoms with E-state index in [-0.39, 0.29) is 28.8 Å². The molecule has 3 N–H and O–H groups in total. The van der Waals surface area contributed by atoms with Crippen LogP contribution in [-0.4, -0.2) is 31.8 Å². The van der Waals surface area contributed by atoms with Crippen LogP contribution >= 0.6 is 12.2 Å². The van der Waals surface area contributed by atoms with Gasteiger partial charge in [0.25, 0.3) is 0 Å². The van der Waals surface area contributed by atoms with E-state index in [0.29, 0.717) is 11.3 Å². The van der Waals surface area contributed by atoms with Gasteiger partial charge in [0.15, 0.2) is 5.78 Å². The van der Waals surface area contributed by atoms with Gasteiger partial charge in [-0.25, -0.2) is 4.68 Å². The normalized spacial score (nSPS) is 10.8. The zero-order chi connectivity index (χ0) is 19.4. The minimum Gasteiger partial charge on any atom is -0.435 e. The molecule has 2 aromatic heterocycles. The minimum atomic E-state index is -2.93. The third-order valence-corrected chi connectivity index (χ3v) is 3.87. The SMILES string of the molecule is Nc1nn(CC(=O)c2ccc(OC(F)F)cc2)c(=S)n1Nc1ccncc1. The number of anilines is 2. The van der Waals surface area contributed by atoms with Gasteiger partial charge < -0.3 is 10.5 Å². The van der Waals surface area contributed by atoms with E-state index in [1.54, 1.807) is 24.5 Å². The van der Waals surface area contributed by atoms with Crippen molar-refractivity contribution in [2.45, 2.75) is 13.2 Å². The van der Waals surface area contributed by atoms with Crippen molar-refractivity contribution in [1.29, 1.82) is 0 Å². The van der Waals surface area contributed by atoms with E-state index >= 15 is 0 Å². The number of ketones is 1. The molecule has 0 spiro atoms. The second kappa shape index (κ2) is 7.91. The number of hydrogen-bond acceptors (Lipinski definition) is 7. The first-order chi connectivity index (χ1) is 12.9. The molecule has 0 unspecified atom stereocenters. The van der Waals surface area contributed by atoms with Gasteiger partial charge >= 0.3 is 6.61 Å². The van der Waals surface area contributed by atoms with Crippen molar-refractivity contribution in [3.05, 3.63) is 59.1 Å². The van der Waals surface area contributed by atoms with E-state index in [2.05, 4.69) is 20.2 Å². The number of nitrogens with zero attached hydrogens (tertiary/aromatic N) is 4. The van der Waals surface area contributed by atoms with Crippen LogP contribution in [0.2, 0.25) is 0 Å². The maximum absolute atomic E-state index is 12.4. The Labute approximate surface area is 157 Å². The molecule has 0 aliphatic carbocycles. The Hall–Kier alpha value is -3.34. The number of nitrogen functional groups attached to an aromatic ring is 1. The maximum atomic E-state index is 12.4. The quantitative estimate of drug-likeness (QED) is 0.471. The first-order valence-corrected chi connectivity index (χ1v) is 8.05.